The normalized spacial score (nSPS) is 12.7. The second-order valence-corrected chi connectivity index (χ2v) is 37.3. The second-order valence-electron chi connectivity index (χ2n) is 37.3. The van der Waals surface area contributed by atoms with Gasteiger partial charge >= 0.3 is 0 Å². The zero-order valence-corrected chi connectivity index (χ0v) is 75.7. The lowest BCUT2D eigenvalue weighted by Gasteiger charge is -2.22. The highest BCUT2D eigenvalue weighted by molar-refractivity contribution is 6.26. The van der Waals surface area contributed by atoms with Crippen molar-refractivity contribution in [2.75, 3.05) is 0 Å². The zero-order chi connectivity index (χ0) is 90.7. The minimum Gasteiger partial charge on any atom is -0.248 e. The van der Waals surface area contributed by atoms with Gasteiger partial charge in [0.25, 0.3) is 0 Å². The van der Waals surface area contributed by atoms with Crippen molar-refractivity contribution in [2.24, 2.45) is 0 Å². The van der Waals surface area contributed by atoms with Crippen LogP contribution in [-0.2, 0) is 10.8 Å². The monoisotopic (exact) mass is 1730 g/mol. The maximum atomic E-state index is 5.35. The Morgan fingerprint density at radius 1 is 0.147 bits per heavy atom. The first-order chi connectivity index (χ1) is 66.9. The van der Waals surface area contributed by atoms with Gasteiger partial charge in [-0.3, -0.25) is 0 Å². The third-order valence-corrected chi connectivity index (χ3v) is 28.5. The SMILES string of the molecule is CC1(C)c2cc(-c3nc(-c4ccc5c(ccc6ccccc65)c4)c4ccccc4n3)ccc2-c2cc3ccccc3cc21.CC1(C)c2cc(-c3nc(-c4ccc5c6ccccc6c6ccccc6c5c4)c4ccccc4n3)ccc2-c2cc3ccccc3cc21.c1ccc(-c2cccc(-c3ccc(-c4cc(-c5ccc(-c6cccc(-c7ccccc7)c6)cc5)c5ccccc5n4)cc3)c2)cc1. The van der Waals surface area contributed by atoms with E-state index >= 15 is 0 Å². The molecule has 0 saturated heterocycles. The van der Waals surface area contributed by atoms with E-state index in [1.807, 2.05) is 0 Å². The Labute approximate surface area is 789 Å². The molecule has 27 rings (SSSR count). The highest BCUT2D eigenvalue weighted by atomic mass is 14.9. The average molecular weight is 1730 g/mol. The Bertz CT molecular complexity index is 9120. The van der Waals surface area contributed by atoms with Crippen LogP contribution >= 0.6 is 0 Å². The number of hydrogen-bond acceptors (Lipinski definition) is 5. The molecule has 3 heterocycles. The number of aromatic nitrogens is 5. The number of para-hydroxylation sites is 3. The van der Waals surface area contributed by atoms with Crippen LogP contribution in [0.1, 0.15) is 49.9 Å². The first-order valence-corrected chi connectivity index (χ1v) is 47.0. The van der Waals surface area contributed by atoms with Gasteiger partial charge in [0.15, 0.2) is 11.6 Å². The van der Waals surface area contributed by atoms with E-state index in [-0.39, 0.29) is 10.8 Å². The Morgan fingerprint density at radius 2 is 0.471 bits per heavy atom. The van der Waals surface area contributed by atoms with Gasteiger partial charge in [0.05, 0.1) is 33.6 Å². The van der Waals surface area contributed by atoms with Crippen molar-refractivity contribution in [3.05, 3.63) is 489 Å². The van der Waals surface area contributed by atoms with E-state index in [0.717, 1.165) is 89.3 Å². The molecule has 0 fully saturated rings. The predicted octanol–water partition coefficient (Wildman–Crippen LogP) is 34.8. The quantitative estimate of drug-likeness (QED) is 0.128. The molecule has 0 spiro atoms. The van der Waals surface area contributed by atoms with E-state index in [0.29, 0.717) is 0 Å². The summed E-state index contributed by atoms with van der Waals surface area (Å²) in [6.07, 6.45) is 0. The predicted molar refractivity (Wildman–Crippen MR) is 573 cm³/mol. The number of benzene rings is 22. The molecule has 2 aliphatic rings. The molecule has 0 amide bonds. The molecular weight excluding hydrogens is 1640 g/mol. The minimum absolute atomic E-state index is 0.120. The van der Waals surface area contributed by atoms with Gasteiger partial charge in [0, 0.05) is 54.8 Å². The summed E-state index contributed by atoms with van der Waals surface area (Å²) in [5.74, 6) is 1.51. The van der Waals surface area contributed by atoms with E-state index in [2.05, 4.69) is 495 Å². The van der Waals surface area contributed by atoms with Crippen LogP contribution in [0.25, 0.3) is 243 Å². The maximum Gasteiger partial charge on any atom is 0.160 e. The molecule has 638 valence electrons. The molecule has 25 aromatic rings. The molecule has 22 aromatic carbocycles. The summed E-state index contributed by atoms with van der Waals surface area (Å²) in [5.41, 5.74) is 33.6. The smallest absolute Gasteiger partial charge is 0.160 e. The van der Waals surface area contributed by atoms with Gasteiger partial charge < -0.3 is 0 Å². The fraction of sp³-hybridized carbons (Fsp3) is 0.0458. The topological polar surface area (TPSA) is 64.5 Å². The molecule has 5 heteroatoms. The van der Waals surface area contributed by atoms with Crippen LogP contribution in [0.4, 0.5) is 0 Å². The van der Waals surface area contributed by atoms with Crippen molar-refractivity contribution < 1.29 is 0 Å². The molecule has 3 aromatic heterocycles. The van der Waals surface area contributed by atoms with Crippen LogP contribution in [0.15, 0.2) is 467 Å². The lowest BCUT2D eigenvalue weighted by atomic mass is 9.81. The molecule has 0 unspecified atom stereocenters. The van der Waals surface area contributed by atoms with Gasteiger partial charge in [-0.05, 0) is 260 Å². The van der Waals surface area contributed by atoms with Crippen LogP contribution in [0.3, 0.4) is 0 Å². The minimum atomic E-state index is -0.132. The lowest BCUT2D eigenvalue weighted by molar-refractivity contribution is 0.661. The van der Waals surface area contributed by atoms with Crippen LogP contribution in [0.5, 0.6) is 0 Å². The zero-order valence-electron chi connectivity index (χ0n) is 75.7. The lowest BCUT2D eigenvalue weighted by Crippen LogP contribution is -2.15. The van der Waals surface area contributed by atoms with Crippen molar-refractivity contribution in [1.29, 1.82) is 0 Å². The van der Waals surface area contributed by atoms with Crippen molar-refractivity contribution in [2.45, 2.75) is 38.5 Å². The van der Waals surface area contributed by atoms with Gasteiger partial charge in [-0.15, -0.1) is 0 Å². The number of hydrogen-bond donors (Lipinski definition) is 0. The van der Waals surface area contributed by atoms with Gasteiger partial charge in [-0.2, -0.15) is 0 Å². The van der Waals surface area contributed by atoms with Gasteiger partial charge in [0.2, 0.25) is 0 Å². The van der Waals surface area contributed by atoms with Crippen LogP contribution in [-0.4, -0.2) is 24.9 Å². The molecular formula is C131H89N5. The molecule has 136 heavy (non-hydrogen) atoms. The highest BCUT2D eigenvalue weighted by Gasteiger charge is 2.38. The molecule has 0 saturated carbocycles. The maximum absolute atomic E-state index is 5.35. The van der Waals surface area contributed by atoms with Gasteiger partial charge in [-0.1, -0.05) is 410 Å². The highest BCUT2D eigenvalue weighted by Crippen LogP contribution is 2.54. The molecule has 0 aliphatic heterocycles. The van der Waals surface area contributed by atoms with E-state index in [1.54, 1.807) is 0 Å². The van der Waals surface area contributed by atoms with Crippen molar-refractivity contribution in [3.63, 3.8) is 0 Å². The third kappa shape index (κ3) is 14.2. The second kappa shape index (κ2) is 32.9. The van der Waals surface area contributed by atoms with Crippen molar-refractivity contribution in [3.8, 4) is 134 Å². The largest absolute Gasteiger partial charge is 0.248 e. The summed E-state index contributed by atoms with van der Waals surface area (Å²) in [4.78, 5) is 25.9. The fourth-order valence-corrected chi connectivity index (χ4v) is 21.4. The summed E-state index contributed by atoms with van der Waals surface area (Å²) in [6, 6.07) is 168. The standard InChI is InChI=1S/C45H30N2.C45H31N.C41H28N2/c1-45(2)40-26-30(20-22-36(40)39-23-27-11-3-4-12-28(27)25-41(39)45)44-46-42-18-10-9-17-37(42)43(47-44)29-19-21-35-33-15-6-5-13-31(33)32-14-7-8-16-34(32)38(35)24-29;1-3-11-32(12-4-1)38-15-9-17-40(29-38)34-21-25-36(26-22-34)43-31-45(46-44-20-8-7-19-42(43)44)37-27-23-35(24-28-37)41-18-10-16-39(30-41)33-13-5-2-6-14-33;1-41(2)36-24-30(18-20-33(36)35-22-26-10-3-4-11-27(26)23-37(35)41)40-42-38-14-8-7-13-34(38)39(43-40)29-17-19-32-28(21-29)16-15-25-9-5-6-12-31(25)32/h3-26H,1-2H3;1-31H;3-24H,1-2H3. The summed E-state index contributed by atoms with van der Waals surface area (Å²) < 4.78 is 0. The van der Waals surface area contributed by atoms with Crippen LogP contribution in [0, 0.1) is 0 Å². The summed E-state index contributed by atoms with van der Waals surface area (Å²) >= 11 is 0. The van der Waals surface area contributed by atoms with Crippen molar-refractivity contribution in [1.82, 2.24) is 24.9 Å². The van der Waals surface area contributed by atoms with Gasteiger partial charge in [-0.25, -0.2) is 24.9 Å². The van der Waals surface area contributed by atoms with E-state index in [9.17, 15) is 0 Å². The van der Waals surface area contributed by atoms with E-state index in [1.165, 1.54) is 176 Å². The molecule has 5 nitrogen and oxygen atoms in total. The molecule has 2 aliphatic carbocycles. The van der Waals surface area contributed by atoms with Crippen molar-refractivity contribution >= 4 is 108 Å². The Morgan fingerprint density at radius 3 is 0.956 bits per heavy atom. The number of rotatable bonds is 10. The summed E-state index contributed by atoms with van der Waals surface area (Å²) in [6.45, 7) is 9.35. The first-order valence-electron chi connectivity index (χ1n) is 47.0. The first kappa shape index (κ1) is 80.8. The summed E-state index contributed by atoms with van der Waals surface area (Å²) in [5, 5.41) is 21.0. The third-order valence-electron chi connectivity index (χ3n) is 28.5. The summed E-state index contributed by atoms with van der Waals surface area (Å²) in [7, 11) is 0. The molecule has 0 atom stereocenters. The Hall–Kier alpha value is -17.3. The van der Waals surface area contributed by atoms with Crippen LogP contribution in [0.2, 0.25) is 0 Å². The Kier molecular flexibility index (Phi) is 19.6. The average Bonchev–Trinajstić information content (AvgIpc) is 1.53. The van der Waals surface area contributed by atoms with E-state index in [4.69, 9.17) is 24.9 Å². The van der Waals surface area contributed by atoms with E-state index < -0.39 is 0 Å². The number of fused-ring (bicyclic) bond motifs is 20. The fourth-order valence-electron chi connectivity index (χ4n) is 21.4. The number of nitrogens with zero attached hydrogens (tertiary/aromatic N) is 5. The Balaban J connectivity index is 0.000000109. The van der Waals surface area contributed by atoms with Crippen LogP contribution < -0.4 is 0 Å². The molecule has 0 bridgehead atoms. The van der Waals surface area contributed by atoms with Gasteiger partial charge in [0.1, 0.15) is 0 Å². The number of pyridine rings is 1. The molecule has 0 radical (unpaired) electrons. The molecule has 0 N–H and O–H groups in total.